The van der Waals surface area contributed by atoms with Crippen LogP contribution >= 0.6 is 27.3 Å². The van der Waals surface area contributed by atoms with Crippen molar-refractivity contribution < 1.29 is 0 Å². The van der Waals surface area contributed by atoms with Crippen LogP contribution in [0.15, 0.2) is 16.0 Å². The standard InChI is InChI=1S/C13H15BrN4S/c1-7-6-19-13(15-7)8(2)16-11-5-10(14)17-12(18-11)9-3-4-9/h5-6,8-9H,3-4H2,1-2H3,(H,16,17,18). The molecule has 0 bridgehead atoms. The zero-order valence-corrected chi connectivity index (χ0v) is 13.3. The molecule has 100 valence electrons. The van der Waals surface area contributed by atoms with E-state index < -0.39 is 0 Å². The molecule has 1 aliphatic carbocycles. The molecule has 3 rings (SSSR count). The molecule has 1 atom stereocenters. The lowest BCUT2D eigenvalue weighted by Gasteiger charge is -2.13. The molecule has 0 amide bonds. The minimum atomic E-state index is 0.160. The molecule has 0 radical (unpaired) electrons. The van der Waals surface area contributed by atoms with Crippen LogP contribution in [-0.4, -0.2) is 15.0 Å². The Balaban J connectivity index is 1.78. The normalized spacial score (nSPS) is 16.4. The zero-order valence-electron chi connectivity index (χ0n) is 10.9. The highest BCUT2D eigenvalue weighted by atomic mass is 79.9. The molecule has 1 N–H and O–H groups in total. The van der Waals surface area contributed by atoms with Crippen LogP contribution in [-0.2, 0) is 0 Å². The van der Waals surface area contributed by atoms with Crippen molar-refractivity contribution in [2.45, 2.75) is 38.6 Å². The van der Waals surface area contributed by atoms with Crippen molar-refractivity contribution in [2.75, 3.05) is 5.32 Å². The summed E-state index contributed by atoms with van der Waals surface area (Å²) in [5.41, 5.74) is 1.07. The van der Waals surface area contributed by atoms with E-state index in [1.54, 1.807) is 11.3 Å². The maximum absolute atomic E-state index is 4.59. The summed E-state index contributed by atoms with van der Waals surface area (Å²) in [6, 6.07) is 2.08. The molecule has 0 aromatic carbocycles. The van der Waals surface area contributed by atoms with Gasteiger partial charge in [0.15, 0.2) is 0 Å². The monoisotopic (exact) mass is 338 g/mol. The fourth-order valence-corrected chi connectivity index (χ4v) is 3.09. The highest BCUT2D eigenvalue weighted by Crippen LogP contribution is 2.39. The molecule has 2 heterocycles. The van der Waals surface area contributed by atoms with Gasteiger partial charge in [-0.2, -0.15) is 0 Å². The van der Waals surface area contributed by atoms with E-state index in [1.165, 1.54) is 12.8 Å². The van der Waals surface area contributed by atoms with Crippen LogP contribution in [0.1, 0.15) is 48.3 Å². The van der Waals surface area contributed by atoms with Gasteiger partial charge < -0.3 is 5.32 Å². The van der Waals surface area contributed by atoms with Crippen molar-refractivity contribution in [3.05, 3.63) is 32.6 Å². The van der Waals surface area contributed by atoms with Gasteiger partial charge in [-0.1, -0.05) is 0 Å². The lowest BCUT2D eigenvalue weighted by atomic mass is 10.3. The Labute approximate surface area is 124 Å². The van der Waals surface area contributed by atoms with Crippen molar-refractivity contribution >= 4 is 33.1 Å². The number of nitrogens with one attached hydrogen (secondary N) is 1. The second-order valence-corrected chi connectivity index (χ2v) is 6.60. The van der Waals surface area contributed by atoms with E-state index in [2.05, 4.69) is 48.5 Å². The number of nitrogens with zero attached hydrogens (tertiary/aromatic N) is 3. The van der Waals surface area contributed by atoms with Gasteiger partial charge in [-0.15, -0.1) is 11.3 Å². The van der Waals surface area contributed by atoms with Gasteiger partial charge in [0.2, 0.25) is 0 Å². The van der Waals surface area contributed by atoms with Gasteiger partial charge in [0.25, 0.3) is 0 Å². The quantitative estimate of drug-likeness (QED) is 0.854. The Kier molecular flexibility index (Phi) is 3.54. The van der Waals surface area contributed by atoms with Crippen molar-refractivity contribution in [3.63, 3.8) is 0 Å². The second-order valence-electron chi connectivity index (χ2n) is 4.90. The van der Waals surface area contributed by atoms with E-state index in [1.807, 2.05) is 13.0 Å². The zero-order chi connectivity index (χ0) is 13.4. The van der Waals surface area contributed by atoms with Gasteiger partial charge in [-0.05, 0) is 42.6 Å². The fourth-order valence-electron chi connectivity index (χ4n) is 1.89. The van der Waals surface area contributed by atoms with Crippen LogP contribution in [0.5, 0.6) is 0 Å². The van der Waals surface area contributed by atoms with Crippen LogP contribution in [0.25, 0.3) is 0 Å². The number of aryl methyl sites for hydroxylation is 1. The van der Waals surface area contributed by atoms with Crippen LogP contribution in [0.4, 0.5) is 5.82 Å². The van der Waals surface area contributed by atoms with Crippen molar-refractivity contribution in [1.29, 1.82) is 0 Å². The van der Waals surface area contributed by atoms with E-state index in [-0.39, 0.29) is 6.04 Å². The lowest BCUT2D eigenvalue weighted by Crippen LogP contribution is -2.09. The van der Waals surface area contributed by atoms with Crippen LogP contribution in [0, 0.1) is 6.92 Å². The van der Waals surface area contributed by atoms with E-state index in [4.69, 9.17) is 0 Å². The van der Waals surface area contributed by atoms with Crippen molar-refractivity contribution in [1.82, 2.24) is 15.0 Å². The first-order chi connectivity index (χ1) is 9.11. The predicted molar refractivity (Wildman–Crippen MR) is 80.6 cm³/mol. The number of rotatable bonds is 4. The Morgan fingerprint density at radius 1 is 1.37 bits per heavy atom. The van der Waals surface area contributed by atoms with Gasteiger partial charge in [-0.3, -0.25) is 0 Å². The first kappa shape index (κ1) is 13.0. The summed E-state index contributed by atoms with van der Waals surface area (Å²) in [6.07, 6.45) is 2.41. The molecular weight excluding hydrogens is 324 g/mol. The van der Waals surface area contributed by atoms with E-state index in [9.17, 15) is 0 Å². The Morgan fingerprint density at radius 3 is 2.79 bits per heavy atom. The number of aromatic nitrogens is 3. The predicted octanol–water partition coefficient (Wildman–Crippen LogP) is 4.05. The molecule has 0 aliphatic heterocycles. The highest BCUT2D eigenvalue weighted by Gasteiger charge is 2.27. The topological polar surface area (TPSA) is 50.7 Å². The fraction of sp³-hybridized carbons (Fsp3) is 0.462. The summed E-state index contributed by atoms with van der Waals surface area (Å²) in [7, 11) is 0. The SMILES string of the molecule is Cc1csc(C(C)Nc2cc(Br)nc(C3CC3)n2)n1. The van der Waals surface area contributed by atoms with Gasteiger partial charge in [0, 0.05) is 23.1 Å². The van der Waals surface area contributed by atoms with Crippen LogP contribution in [0.3, 0.4) is 0 Å². The van der Waals surface area contributed by atoms with Gasteiger partial charge >= 0.3 is 0 Å². The summed E-state index contributed by atoms with van der Waals surface area (Å²) in [5, 5.41) is 6.55. The largest absolute Gasteiger partial charge is 0.361 e. The summed E-state index contributed by atoms with van der Waals surface area (Å²) >= 11 is 5.13. The smallest absolute Gasteiger partial charge is 0.135 e. The number of halogens is 1. The number of thiazole rings is 1. The average molecular weight is 339 g/mol. The second kappa shape index (κ2) is 5.17. The van der Waals surface area contributed by atoms with E-state index in [0.29, 0.717) is 5.92 Å². The first-order valence-electron chi connectivity index (χ1n) is 6.35. The van der Waals surface area contributed by atoms with Gasteiger partial charge in [-0.25, -0.2) is 15.0 Å². The molecule has 1 saturated carbocycles. The van der Waals surface area contributed by atoms with E-state index in [0.717, 1.165) is 26.9 Å². The summed E-state index contributed by atoms with van der Waals surface area (Å²) in [6.45, 7) is 4.12. The molecule has 19 heavy (non-hydrogen) atoms. The third-order valence-corrected chi connectivity index (χ3v) is 4.58. The molecule has 1 aliphatic rings. The number of anilines is 1. The molecule has 0 saturated heterocycles. The molecular formula is C13H15BrN4S. The maximum Gasteiger partial charge on any atom is 0.135 e. The average Bonchev–Trinajstić information content (AvgIpc) is 3.11. The van der Waals surface area contributed by atoms with Crippen LogP contribution in [0.2, 0.25) is 0 Å². The lowest BCUT2D eigenvalue weighted by molar-refractivity contribution is 0.838. The van der Waals surface area contributed by atoms with Gasteiger partial charge in [0.1, 0.15) is 21.3 Å². The van der Waals surface area contributed by atoms with Gasteiger partial charge in [0.05, 0.1) is 6.04 Å². The molecule has 6 heteroatoms. The van der Waals surface area contributed by atoms with Crippen molar-refractivity contribution in [2.24, 2.45) is 0 Å². The first-order valence-corrected chi connectivity index (χ1v) is 8.02. The Bertz CT molecular complexity index is 594. The number of hydrogen-bond donors (Lipinski definition) is 1. The molecule has 2 aromatic rings. The Hall–Kier alpha value is -1.01. The number of hydrogen-bond acceptors (Lipinski definition) is 5. The molecule has 0 spiro atoms. The summed E-state index contributed by atoms with van der Waals surface area (Å²) in [4.78, 5) is 13.5. The molecule has 4 nitrogen and oxygen atoms in total. The molecule has 1 fully saturated rings. The summed E-state index contributed by atoms with van der Waals surface area (Å²) in [5.74, 6) is 2.36. The maximum atomic E-state index is 4.59. The summed E-state index contributed by atoms with van der Waals surface area (Å²) < 4.78 is 0.842. The molecule has 2 aromatic heterocycles. The van der Waals surface area contributed by atoms with E-state index >= 15 is 0 Å². The van der Waals surface area contributed by atoms with Crippen molar-refractivity contribution in [3.8, 4) is 0 Å². The Morgan fingerprint density at radius 2 is 2.16 bits per heavy atom. The minimum Gasteiger partial charge on any atom is -0.361 e. The highest BCUT2D eigenvalue weighted by molar-refractivity contribution is 9.10. The third kappa shape index (κ3) is 3.12. The minimum absolute atomic E-state index is 0.160. The molecule has 1 unspecified atom stereocenters. The third-order valence-electron chi connectivity index (χ3n) is 3.03. The van der Waals surface area contributed by atoms with Crippen LogP contribution < -0.4 is 5.32 Å².